The maximum absolute atomic E-state index is 12.0. The van der Waals surface area contributed by atoms with Crippen LogP contribution in [0, 0.1) is 0 Å². The lowest BCUT2D eigenvalue weighted by Gasteiger charge is -2.08. The summed E-state index contributed by atoms with van der Waals surface area (Å²) >= 11 is 0. The number of hydrogen-bond donors (Lipinski definition) is 0. The summed E-state index contributed by atoms with van der Waals surface area (Å²) in [5.74, 6) is -3.29. The van der Waals surface area contributed by atoms with Crippen molar-refractivity contribution in [2.75, 3.05) is 20.0 Å². The van der Waals surface area contributed by atoms with Gasteiger partial charge in [-0.15, -0.1) is 0 Å². The van der Waals surface area contributed by atoms with Crippen LogP contribution in [0.3, 0.4) is 0 Å². The van der Waals surface area contributed by atoms with Crippen LogP contribution < -0.4 is 8.92 Å². The Balaban J connectivity index is 1.96. The van der Waals surface area contributed by atoms with E-state index in [2.05, 4.69) is 9.47 Å². The van der Waals surface area contributed by atoms with Gasteiger partial charge < -0.3 is 18.4 Å². The largest absolute Gasteiger partial charge is 0.465 e. The van der Waals surface area contributed by atoms with Crippen LogP contribution in [-0.4, -0.2) is 46.3 Å². The number of benzene rings is 2. The van der Waals surface area contributed by atoms with Crippen LogP contribution in [0.5, 0.6) is 11.5 Å². The molecule has 0 aliphatic heterocycles. The van der Waals surface area contributed by atoms with Crippen molar-refractivity contribution in [1.29, 1.82) is 0 Å². The molecule has 0 N–H and O–H groups in total. The third-order valence-electron chi connectivity index (χ3n) is 3.30. The molecule has 148 valence electrons. The second kappa shape index (κ2) is 9.00. The second-order valence-electron chi connectivity index (χ2n) is 5.29. The van der Waals surface area contributed by atoms with Crippen molar-refractivity contribution in [3.8, 4) is 11.5 Å². The van der Waals surface area contributed by atoms with Gasteiger partial charge in [-0.1, -0.05) is 0 Å². The van der Waals surface area contributed by atoms with E-state index < -0.39 is 33.8 Å². The summed E-state index contributed by atoms with van der Waals surface area (Å²) in [6.07, 6.45) is 0. The third-order valence-corrected chi connectivity index (χ3v) is 4.34. The van der Waals surface area contributed by atoms with Crippen LogP contribution in [0.1, 0.15) is 20.7 Å². The summed E-state index contributed by atoms with van der Waals surface area (Å²) in [7, 11) is -1.84. The van der Waals surface area contributed by atoms with Gasteiger partial charge >= 0.3 is 28.0 Å². The molecule has 0 aromatic heterocycles. The molecule has 0 unspecified atom stereocenters. The molecule has 0 spiro atoms. The highest BCUT2D eigenvalue weighted by Gasteiger charge is 2.21. The van der Waals surface area contributed by atoms with Crippen molar-refractivity contribution >= 4 is 28.0 Å². The molecule has 0 saturated heterocycles. The van der Waals surface area contributed by atoms with Gasteiger partial charge in [-0.3, -0.25) is 4.79 Å². The Morgan fingerprint density at radius 3 is 1.61 bits per heavy atom. The molecule has 0 bridgehead atoms. The maximum atomic E-state index is 12.0. The van der Waals surface area contributed by atoms with E-state index in [4.69, 9.17) is 8.92 Å². The zero-order valence-electron chi connectivity index (χ0n) is 14.9. The van der Waals surface area contributed by atoms with Gasteiger partial charge in [0, 0.05) is 0 Å². The molecule has 0 aliphatic carbocycles. The maximum Gasteiger partial charge on any atom is 0.337 e. The average molecular weight is 408 g/mol. The molecular formula is C18H16O9S. The normalized spacial score (nSPS) is 10.6. The van der Waals surface area contributed by atoms with Crippen molar-refractivity contribution in [1.82, 2.24) is 0 Å². The Labute approximate surface area is 160 Å². The molecule has 2 rings (SSSR count). The van der Waals surface area contributed by atoms with Crippen molar-refractivity contribution in [3.63, 3.8) is 0 Å². The van der Waals surface area contributed by atoms with E-state index in [0.717, 1.165) is 0 Å². The first-order chi connectivity index (χ1) is 13.2. The number of esters is 3. The standard InChI is InChI=1S/C18H16O9S/c1-24-17(20)12-3-7-14(8-4-12)26-16(19)11-28(22,23)27-15-9-5-13(6-10-15)18(21)25-2/h3-10H,11H2,1-2H3. The average Bonchev–Trinajstić information content (AvgIpc) is 2.67. The third kappa shape index (κ3) is 5.81. The first-order valence-electron chi connectivity index (χ1n) is 7.73. The second-order valence-corrected chi connectivity index (χ2v) is 6.86. The van der Waals surface area contributed by atoms with Crippen LogP contribution in [0.25, 0.3) is 0 Å². The Hall–Kier alpha value is -3.40. The van der Waals surface area contributed by atoms with Crippen LogP contribution >= 0.6 is 0 Å². The molecule has 0 amide bonds. The predicted molar refractivity (Wildman–Crippen MR) is 95.6 cm³/mol. The van der Waals surface area contributed by atoms with Gasteiger partial charge in [0.15, 0.2) is 5.75 Å². The number of carbonyl (C=O) groups is 3. The van der Waals surface area contributed by atoms with Crippen molar-refractivity contribution in [2.24, 2.45) is 0 Å². The molecule has 10 heteroatoms. The van der Waals surface area contributed by atoms with Crippen LogP contribution in [0.15, 0.2) is 48.5 Å². The molecule has 0 atom stereocenters. The monoisotopic (exact) mass is 408 g/mol. The van der Waals surface area contributed by atoms with Gasteiger partial charge in [0.25, 0.3) is 0 Å². The van der Waals surface area contributed by atoms with Crippen LogP contribution in [0.4, 0.5) is 0 Å². The van der Waals surface area contributed by atoms with E-state index in [0.29, 0.717) is 0 Å². The van der Waals surface area contributed by atoms with E-state index in [1.807, 2.05) is 0 Å². The van der Waals surface area contributed by atoms with E-state index in [-0.39, 0.29) is 22.6 Å². The summed E-state index contributed by atoms with van der Waals surface area (Å²) in [5, 5.41) is 0. The van der Waals surface area contributed by atoms with Gasteiger partial charge in [-0.2, -0.15) is 8.42 Å². The SMILES string of the molecule is COC(=O)c1ccc(OC(=O)CS(=O)(=O)Oc2ccc(C(=O)OC)cc2)cc1. The van der Waals surface area contributed by atoms with E-state index in [1.165, 1.54) is 62.8 Å². The fraction of sp³-hybridized carbons (Fsp3) is 0.167. The van der Waals surface area contributed by atoms with Crippen molar-refractivity contribution < 1.29 is 41.2 Å². The molecule has 0 saturated carbocycles. The first-order valence-corrected chi connectivity index (χ1v) is 9.31. The summed E-state index contributed by atoms with van der Waals surface area (Å²) in [4.78, 5) is 34.5. The molecule has 0 radical (unpaired) electrons. The van der Waals surface area contributed by atoms with E-state index in [9.17, 15) is 22.8 Å². The van der Waals surface area contributed by atoms with E-state index >= 15 is 0 Å². The lowest BCUT2D eigenvalue weighted by molar-refractivity contribution is -0.131. The smallest absolute Gasteiger partial charge is 0.337 e. The lowest BCUT2D eigenvalue weighted by Crippen LogP contribution is -2.24. The molecule has 2 aromatic rings. The number of ether oxygens (including phenoxy) is 3. The Morgan fingerprint density at radius 2 is 1.18 bits per heavy atom. The molecular weight excluding hydrogens is 392 g/mol. The summed E-state index contributed by atoms with van der Waals surface area (Å²) < 4.78 is 42.7. The van der Waals surface area contributed by atoms with Crippen molar-refractivity contribution in [3.05, 3.63) is 59.7 Å². The highest BCUT2D eigenvalue weighted by molar-refractivity contribution is 7.87. The Kier molecular flexibility index (Phi) is 6.72. The van der Waals surface area contributed by atoms with Gasteiger partial charge in [0.05, 0.1) is 25.3 Å². The molecule has 0 aliphatic rings. The zero-order valence-corrected chi connectivity index (χ0v) is 15.7. The fourth-order valence-electron chi connectivity index (χ4n) is 2.02. The summed E-state index contributed by atoms with van der Waals surface area (Å²) in [6, 6.07) is 10.5. The minimum absolute atomic E-state index is 0.0512. The predicted octanol–water partition coefficient (Wildman–Crippen LogP) is 1.57. The molecule has 0 fully saturated rings. The van der Waals surface area contributed by atoms with Gasteiger partial charge in [-0.25, -0.2) is 9.59 Å². The Bertz CT molecular complexity index is 961. The summed E-state index contributed by atoms with van der Waals surface area (Å²) in [5.41, 5.74) is 0.454. The lowest BCUT2D eigenvalue weighted by atomic mass is 10.2. The Morgan fingerprint density at radius 1 is 0.750 bits per heavy atom. The number of carbonyl (C=O) groups excluding carboxylic acids is 3. The summed E-state index contributed by atoms with van der Waals surface area (Å²) in [6.45, 7) is 0. The number of hydrogen-bond acceptors (Lipinski definition) is 9. The molecule has 9 nitrogen and oxygen atoms in total. The highest BCUT2D eigenvalue weighted by Crippen LogP contribution is 2.17. The van der Waals surface area contributed by atoms with Crippen LogP contribution in [-0.2, 0) is 24.4 Å². The minimum Gasteiger partial charge on any atom is -0.465 e. The highest BCUT2D eigenvalue weighted by atomic mass is 32.2. The fourth-order valence-corrected chi connectivity index (χ4v) is 2.83. The quantitative estimate of drug-likeness (QED) is 0.382. The van der Waals surface area contributed by atoms with Gasteiger partial charge in [0.2, 0.25) is 0 Å². The van der Waals surface area contributed by atoms with Gasteiger partial charge in [-0.05, 0) is 48.5 Å². The number of methoxy groups -OCH3 is 2. The zero-order chi connectivity index (χ0) is 20.7. The van der Waals surface area contributed by atoms with E-state index in [1.54, 1.807) is 0 Å². The molecule has 2 aromatic carbocycles. The minimum atomic E-state index is -4.28. The first kappa shape index (κ1) is 20.9. The van der Waals surface area contributed by atoms with Crippen LogP contribution in [0.2, 0.25) is 0 Å². The van der Waals surface area contributed by atoms with Gasteiger partial charge in [0.1, 0.15) is 11.5 Å². The molecule has 28 heavy (non-hydrogen) atoms. The van der Waals surface area contributed by atoms with Crippen molar-refractivity contribution in [2.45, 2.75) is 0 Å². The topological polar surface area (TPSA) is 122 Å². The number of rotatable bonds is 7. The molecule has 0 heterocycles.